The SMILES string of the molecule is CCCCCCC/C=C\C/C=C\CCCCCCCCCCCCCCCCCCCCCCCCCCCC(=O)OC(COC(=O)CCCCCCCCCCCCCCCCCCCCCCCCCCCCCCCCCC)COP(=O)([O-])OCC[N+](C)(C)C. The van der Waals surface area contributed by atoms with Gasteiger partial charge in [-0.25, -0.2) is 0 Å². The molecule has 0 aliphatic carbocycles. The molecule has 0 radical (unpaired) electrons. The number of phosphoric ester groups is 1. The van der Waals surface area contributed by atoms with Gasteiger partial charge in [0.25, 0.3) is 7.82 Å². The maximum Gasteiger partial charge on any atom is 0.306 e. The molecule has 0 fully saturated rings. The van der Waals surface area contributed by atoms with Crippen LogP contribution in [0.4, 0.5) is 0 Å². The maximum atomic E-state index is 12.9. The molecule has 93 heavy (non-hydrogen) atoms. The van der Waals surface area contributed by atoms with Crippen LogP contribution >= 0.6 is 7.82 Å². The Morgan fingerprint density at radius 1 is 0.333 bits per heavy atom. The lowest BCUT2D eigenvalue weighted by atomic mass is 10.0. The topological polar surface area (TPSA) is 111 Å². The number of hydrogen-bond donors (Lipinski definition) is 0. The summed E-state index contributed by atoms with van der Waals surface area (Å²) in [5, 5.41) is 0. The summed E-state index contributed by atoms with van der Waals surface area (Å²) in [6, 6.07) is 0. The fourth-order valence-electron chi connectivity index (χ4n) is 12.9. The van der Waals surface area contributed by atoms with Gasteiger partial charge in [-0.05, 0) is 44.9 Å². The van der Waals surface area contributed by atoms with Crippen LogP contribution in [0.15, 0.2) is 24.3 Å². The molecule has 0 N–H and O–H groups in total. The molecule has 0 bridgehead atoms. The maximum absolute atomic E-state index is 12.9. The fraction of sp³-hybridized carbons (Fsp3) is 0.928. The molecule has 0 amide bonds. The van der Waals surface area contributed by atoms with Crippen LogP contribution in [0.5, 0.6) is 0 Å². The first-order valence-corrected chi connectivity index (χ1v) is 43.0. The second kappa shape index (κ2) is 74.7. The van der Waals surface area contributed by atoms with Crippen molar-refractivity contribution in [2.24, 2.45) is 0 Å². The van der Waals surface area contributed by atoms with Crippen LogP contribution in [0, 0.1) is 0 Å². The Morgan fingerprint density at radius 3 is 0.849 bits per heavy atom. The van der Waals surface area contributed by atoms with E-state index in [0.717, 1.165) is 38.5 Å². The highest BCUT2D eigenvalue weighted by atomic mass is 31.2. The Hall–Kier alpha value is -1.51. The number of ether oxygens (including phenoxy) is 2. The first kappa shape index (κ1) is 91.5. The smallest absolute Gasteiger partial charge is 0.306 e. The molecule has 0 aromatic carbocycles. The summed E-state index contributed by atoms with van der Waals surface area (Å²) in [6.45, 7) is 4.33. The minimum Gasteiger partial charge on any atom is -0.756 e. The highest BCUT2D eigenvalue weighted by Gasteiger charge is 2.22. The number of rotatable bonds is 79. The molecule has 0 aromatic heterocycles. The van der Waals surface area contributed by atoms with Crippen molar-refractivity contribution < 1.29 is 42.1 Å². The monoisotopic (exact) mass is 1330 g/mol. The van der Waals surface area contributed by atoms with Gasteiger partial charge in [-0.2, -0.15) is 0 Å². The Labute approximate surface area is 580 Å². The van der Waals surface area contributed by atoms with E-state index >= 15 is 0 Å². The van der Waals surface area contributed by atoms with Gasteiger partial charge in [-0.3, -0.25) is 14.2 Å². The summed E-state index contributed by atoms with van der Waals surface area (Å²) < 4.78 is 34.5. The first-order chi connectivity index (χ1) is 45.5. The van der Waals surface area contributed by atoms with Crippen molar-refractivity contribution in [1.29, 1.82) is 0 Å². The summed E-state index contributed by atoms with van der Waals surface area (Å²) in [6.07, 6.45) is 96.1. The number of unbranched alkanes of at least 4 members (excludes halogenated alkanes) is 61. The average Bonchev–Trinajstić information content (AvgIpc) is 2.27. The minimum absolute atomic E-state index is 0.0260. The third-order valence-corrected chi connectivity index (χ3v) is 20.2. The van der Waals surface area contributed by atoms with E-state index < -0.39 is 26.5 Å². The zero-order chi connectivity index (χ0) is 67.6. The predicted octanol–water partition coefficient (Wildman–Crippen LogP) is 26.9. The highest BCUT2D eigenvalue weighted by Crippen LogP contribution is 2.38. The lowest BCUT2D eigenvalue weighted by Crippen LogP contribution is -2.37. The summed E-state index contributed by atoms with van der Waals surface area (Å²) >= 11 is 0. The predicted molar refractivity (Wildman–Crippen MR) is 402 cm³/mol. The number of nitrogens with zero attached hydrogens (tertiary/aromatic N) is 1. The van der Waals surface area contributed by atoms with Gasteiger partial charge in [-0.1, -0.05) is 411 Å². The Kier molecular flexibility index (Phi) is 73.5. The molecule has 552 valence electrons. The normalized spacial score (nSPS) is 13.1. The number of phosphoric acid groups is 1. The van der Waals surface area contributed by atoms with Crippen molar-refractivity contribution in [3.05, 3.63) is 24.3 Å². The quantitative estimate of drug-likeness (QED) is 0.0195. The van der Waals surface area contributed by atoms with E-state index in [1.807, 2.05) is 21.1 Å². The minimum atomic E-state index is -4.64. The Bertz CT molecular complexity index is 1610. The second-order valence-electron chi connectivity index (χ2n) is 29.9. The number of hydrogen-bond acceptors (Lipinski definition) is 8. The van der Waals surface area contributed by atoms with Gasteiger partial charge in [-0.15, -0.1) is 0 Å². The van der Waals surface area contributed by atoms with Gasteiger partial charge in [0.05, 0.1) is 27.7 Å². The second-order valence-corrected chi connectivity index (χ2v) is 31.3. The lowest BCUT2D eigenvalue weighted by molar-refractivity contribution is -0.870. The third-order valence-electron chi connectivity index (χ3n) is 19.2. The first-order valence-electron chi connectivity index (χ1n) is 41.5. The lowest BCUT2D eigenvalue weighted by Gasteiger charge is -2.28. The molecule has 2 unspecified atom stereocenters. The number of likely N-dealkylation sites (N-methyl/N-ethyl adjacent to an activating group) is 1. The summed E-state index contributed by atoms with van der Waals surface area (Å²) in [5.74, 6) is -0.803. The largest absolute Gasteiger partial charge is 0.756 e. The molecule has 0 spiro atoms. The third kappa shape index (κ3) is 79.4. The van der Waals surface area contributed by atoms with Gasteiger partial charge in [0.1, 0.15) is 19.8 Å². The summed E-state index contributed by atoms with van der Waals surface area (Å²) in [5.41, 5.74) is 0. The number of esters is 2. The van der Waals surface area contributed by atoms with Crippen molar-refractivity contribution >= 4 is 19.8 Å². The van der Waals surface area contributed by atoms with Crippen molar-refractivity contribution in [2.75, 3.05) is 47.5 Å². The highest BCUT2D eigenvalue weighted by molar-refractivity contribution is 7.45. The van der Waals surface area contributed by atoms with Gasteiger partial charge >= 0.3 is 11.9 Å². The number of allylic oxidation sites excluding steroid dienone is 4. The molecule has 2 atom stereocenters. The molecule has 0 aliphatic heterocycles. The van der Waals surface area contributed by atoms with Crippen LogP contribution in [0.25, 0.3) is 0 Å². The van der Waals surface area contributed by atoms with Gasteiger partial charge < -0.3 is 27.9 Å². The molecule has 0 heterocycles. The van der Waals surface area contributed by atoms with Gasteiger partial charge in [0, 0.05) is 12.8 Å². The number of carbonyl (C=O) groups excluding carboxylic acids is 2. The molecule has 0 saturated heterocycles. The molecule has 0 rings (SSSR count). The Morgan fingerprint density at radius 2 is 0.581 bits per heavy atom. The molecular formula is C83H162NO8P. The standard InChI is InChI=1S/C83H162NO8P/c1-6-8-10-12-14-16-18-20-22-24-26-28-30-32-34-36-38-40-41-42-43-44-46-48-50-52-54-56-58-60-62-64-66-68-70-72-74-76-83(86)92-81(80-91-93(87,88)90-78-77-84(3,4)5)79-89-82(85)75-73-71-69-67-65-63-61-59-57-55-53-51-49-47-45-39-37-35-33-31-29-27-25-23-21-19-17-15-13-11-9-7-2/h18,20,24,26,81H,6-17,19,21-23,25,27-80H2,1-5H3/b20-18-,26-24-. The average molecular weight is 1330 g/mol. The van der Waals surface area contributed by atoms with Crippen LogP contribution in [-0.4, -0.2) is 70.0 Å². The van der Waals surface area contributed by atoms with Crippen molar-refractivity contribution in [3.8, 4) is 0 Å². The molecule has 0 saturated carbocycles. The van der Waals surface area contributed by atoms with Crippen LogP contribution < -0.4 is 4.89 Å². The van der Waals surface area contributed by atoms with E-state index in [1.165, 1.54) is 372 Å². The number of quaternary nitrogens is 1. The summed E-state index contributed by atoms with van der Waals surface area (Å²) in [7, 11) is 1.20. The van der Waals surface area contributed by atoms with Crippen molar-refractivity contribution in [1.82, 2.24) is 0 Å². The number of carbonyl (C=O) groups is 2. The molecule has 0 aromatic rings. The van der Waals surface area contributed by atoms with E-state index in [4.69, 9.17) is 18.5 Å². The Balaban J connectivity index is 3.87. The van der Waals surface area contributed by atoms with E-state index in [2.05, 4.69) is 38.2 Å². The fourth-order valence-corrected chi connectivity index (χ4v) is 13.6. The van der Waals surface area contributed by atoms with Crippen LogP contribution in [0.2, 0.25) is 0 Å². The van der Waals surface area contributed by atoms with Crippen LogP contribution in [0.3, 0.4) is 0 Å². The molecule has 10 heteroatoms. The zero-order valence-electron chi connectivity index (χ0n) is 63.3. The zero-order valence-corrected chi connectivity index (χ0v) is 64.1. The molecule has 9 nitrogen and oxygen atoms in total. The van der Waals surface area contributed by atoms with E-state index in [0.29, 0.717) is 17.4 Å². The van der Waals surface area contributed by atoms with E-state index in [1.54, 1.807) is 0 Å². The van der Waals surface area contributed by atoms with Crippen LogP contribution in [0.1, 0.15) is 444 Å². The molecular weight excluding hydrogens is 1170 g/mol. The molecule has 0 aliphatic rings. The van der Waals surface area contributed by atoms with Crippen LogP contribution in [-0.2, 0) is 32.7 Å². The van der Waals surface area contributed by atoms with E-state index in [-0.39, 0.29) is 32.0 Å². The summed E-state index contributed by atoms with van der Waals surface area (Å²) in [4.78, 5) is 38.2. The van der Waals surface area contributed by atoms with Crippen molar-refractivity contribution in [3.63, 3.8) is 0 Å². The van der Waals surface area contributed by atoms with Crippen molar-refractivity contribution in [2.45, 2.75) is 450 Å². The van der Waals surface area contributed by atoms with E-state index in [9.17, 15) is 19.0 Å². The van der Waals surface area contributed by atoms with Gasteiger partial charge in [0.2, 0.25) is 0 Å². The van der Waals surface area contributed by atoms with Gasteiger partial charge in [0.15, 0.2) is 6.10 Å².